The van der Waals surface area contributed by atoms with Gasteiger partial charge in [-0.2, -0.15) is 13.9 Å². The van der Waals surface area contributed by atoms with Gasteiger partial charge in [-0.25, -0.2) is 4.68 Å². The van der Waals surface area contributed by atoms with Crippen molar-refractivity contribution in [3.8, 4) is 28.1 Å². The average molecular weight is 455 g/mol. The summed E-state index contributed by atoms with van der Waals surface area (Å²) in [5.41, 5.74) is 2.50. The minimum absolute atomic E-state index is 0.00322. The van der Waals surface area contributed by atoms with Gasteiger partial charge in [0.05, 0.1) is 11.9 Å². The summed E-state index contributed by atoms with van der Waals surface area (Å²) in [5, 5.41) is 26.8. The number of hydrogen-bond acceptors (Lipinski definition) is 6. The highest BCUT2D eigenvalue weighted by molar-refractivity contribution is 5.74. The third-order valence-electron chi connectivity index (χ3n) is 7.17. The molecule has 0 amide bonds. The summed E-state index contributed by atoms with van der Waals surface area (Å²) in [4.78, 5) is 2.21. The van der Waals surface area contributed by atoms with Gasteiger partial charge in [0.2, 0.25) is 0 Å². The Morgan fingerprint density at radius 1 is 1.09 bits per heavy atom. The molecular formula is C24H28F2N6O. The number of benzene rings is 1. The zero-order chi connectivity index (χ0) is 23.4. The van der Waals surface area contributed by atoms with Crippen LogP contribution in [-0.4, -0.2) is 49.3 Å². The minimum atomic E-state index is -2.70. The number of nitrogens with one attached hydrogen (secondary N) is 1. The van der Waals surface area contributed by atoms with E-state index in [2.05, 4.69) is 46.4 Å². The van der Waals surface area contributed by atoms with Crippen molar-refractivity contribution >= 4 is 5.82 Å². The fraction of sp³-hybridized carbons (Fsp3) is 0.458. The summed E-state index contributed by atoms with van der Waals surface area (Å²) in [7, 11) is 2.07. The Balaban J connectivity index is 1.34. The highest BCUT2D eigenvalue weighted by atomic mass is 19.3. The van der Waals surface area contributed by atoms with Gasteiger partial charge >= 0.3 is 6.55 Å². The van der Waals surface area contributed by atoms with Gasteiger partial charge in [-0.05, 0) is 69.4 Å². The van der Waals surface area contributed by atoms with Crippen LogP contribution in [0.4, 0.5) is 14.6 Å². The number of rotatable bonds is 5. The second-order valence-corrected chi connectivity index (χ2v) is 9.91. The molecule has 0 radical (unpaired) electrons. The van der Waals surface area contributed by atoms with E-state index in [4.69, 9.17) is 0 Å². The quantitative estimate of drug-likeness (QED) is 0.586. The maximum atomic E-state index is 12.8. The van der Waals surface area contributed by atoms with Crippen LogP contribution in [0.5, 0.6) is 5.75 Å². The molecule has 9 heteroatoms. The molecule has 2 aromatic heterocycles. The second kappa shape index (κ2) is 7.76. The van der Waals surface area contributed by atoms with Crippen molar-refractivity contribution in [1.29, 1.82) is 0 Å². The number of nitrogens with zero attached hydrogens (tertiary/aromatic N) is 5. The van der Waals surface area contributed by atoms with Crippen molar-refractivity contribution in [3.05, 3.63) is 42.7 Å². The predicted octanol–water partition coefficient (Wildman–Crippen LogP) is 4.61. The number of fused-ring (bicyclic) bond motifs is 2. The third kappa shape index (κ3) is 4.06. The van der Waals surface area contributed by atoms with Crippen molar-refractivity contribution in [2.45, 2.75) is 63.2 Å². The van der Waals surface area contributed by atoms with Crippen LogP contribution in [0.25, 0.3) is 22.4 Å². The Morgan fingerprint density at radius 3 is 2.39 bits per heavy atom. The molecule has 0 aliphatic carbocycles. The summed E-state index contributed by atoms with van der Waals surface area (Å²) in [6.07, 6.45) is 7.10. The highest BCUT2D eigenvalue weighted by Gasteiger charge is 2.49. The Labute approximate surface area is 191 Å². The number of aromatic nitrogens is 4. The van der Waals surface area contributed by atoms with Crippen molar-refractivity contribution < 1.29 is 13.9 Å². The van der Waals surface area contributed by atoms with Crippen LogP contribution < -0.4 is 10.2 Å². The first kappa shape index (κ1) is 21.8. The molecule has 2 aliphatic heterocycles. The molecule has 2 bridgehead atoms. The molecule has 174 valence electrons. The van der Waals surface area contributed by atoms with Gasteiger partial charge in [0.1, 0.15) is 5.75 Å². The average Bonchev–Trinajstić information content (AvgIpc) is 3.35. The number of phenolic OH excluding ortho intramolecular Hbond substituents is 1. The molecular weight excluding hydrogens is 426 g/mol. The monoisotopic (exact) mass is 454 g/mol. The Morgan fingerprint density at radius 2 is 1.82 bits per heavy atom. The number of hydrogen-bond donors (Lipinski definition) is 2. The van der Waals surface area contributed by atoms with Crippen molar-refractivity contribution in [1.82, 2.24) is 25.3 Å². The number of anilines is 1. The molecule has 2 aliphatic rings. The largest absolute Gasteiger partial charge is 0.507 e. The molecule has 0 saturated carbocycles. The van der Waals surface area contributed by atoms with Crippen LogP contribution in [0.15, 0.2) is 42.7 Å². The van der Waals surface area contributed by atoms with E-state index in [-0.39, 0.29) is 16.8 Å². The van der Waals surface area contributed by atoms with E-state index in [9.17, 15) is 13.9 Å². The molecule has 2 saturated heterocycles. The van der Waals surface area contributed by atoms with Crippen LogP contribution in [-0.2, 0) is 0 Å². The highest BCUT2D eigenvalue weighted by Crippen LogP contribution is 2.43. The van der Waals surface area contributed by atoms with Crippen molar-refractivity contribution in [2.75, 3.05) is 11.9 Å². The number of halogens is 2. The zero-order valence-corrected chi connectivity index (χ0v) is 19.0. The standard InChI is InChI=1S/C24H28F2N6O/c1-23-8-9-24(2,30-23)12-17(11-23)31(3)21-7-6-19(28-29-21)18-5-4-15(10-20(18)33)16-13-27-32(14-16)22(25)26/h4-7,10,13-14,17,22,30,33H,8-9,11-12H2,1-3H3/t17-,23+,24-. The van der Waals surface area contributed by atoms with Gasteiger partial charge in [0.25, 0.3) is 0 Å². The van der Waals surface area contributed by atoms with Gasteiger partial charge < -0.3 is 15.3 Å². The molecule has 0 spiro atoms. The smallest absolute Gasteiger partial charge is 0.333 e. The fourth-order valence-electron chi connectivity index (χ4n) is 5.46. The van der Waals surface area contributed by atoms with Gasteiger partial charge in [0, 0.05) is 41.5 Å². The lowest BCUT2D eigenvalue weighted by molar-refractivity contribution is 0.0566. The minimum Gasteiger partial charge on any atom is -0.507 e. The maximum Gasteiger partial charge on any atom is 0.333 e. The first-order valence-electron chi connectivity index (χ1n) is 11.2. The topological polar surface area (TPSA) is 79.1 Å². The van der Waals surface area contributed by atoms with Crippen LogP contribution in [0.1, 0.15) is 46.1 Å². The van der Waals surface area contributed by atoms with Gasteiger partial charge in [-0.15, -0.1) is 10.2 Å². The molecule has 5 rings (SSSR count). The molecule has 33 heavy (non-hydrogen) atoms. The van der Waals surface area contributed by atoms with E-state index in [0.717, 1.165) is 18.7 Å². The molecule has 2 N–H and O–H groups in total. The summed E-state index contributed by atoms with van der Waals surface area (Å²) in [5.74, 6) is 0.802. The van der Waals surface area contributed by atoms with E-state index < -0.39 is 6.55 Å². The first-order valence-corrected chi connectivity index (χ1v) is 11.2. The molecule has 1 aromatic carbocycles. The lowest BCUT2D eigenvalue weighted by Crippen LogP contribution is -2.58. The Kier molecular flexibility index (Phi) is 5.12. The third-order valence-corrected chi connectivity index (χ3v) is 7.17. The van der Waals surface area contributed by atoms with Crippen LogP contribution >= 0.6 is 0 Å². The van der Waals surface area contributed by atoms with E-state index in [1.54, 1.807) is 12.1 Å². The molecule has 2 fully saturated rings. The van der Waals surface area contributed by atoms with Crippen LogP contribution in [0, 0.1) is 0 Å². The van der Waals surface area contributed by atoms with Crippen molar-refractivity contribution in [2.24, 2.45) is 0 Å². The van der Waals surface area contributed by atoms with Gasteiger partial charge in [-0.3, -0.25) is 0 Å². The van der Waals surface area contributed by atoms with Crippen LogP contribution in [0.3, 0.4) is 0 Å². The Hall–Kier alpha value is -3.07. The van der Waals surface area contributed by atoms with Crippen molar-refractivity contribution in [3.63, 3.8) is 0 Å². The van der Waals surface area contributed by atoms with E-state index in [1.165, 1.54) is 31.3 Å². The summed E-state index contributed by atoms with van der Waals surface area (Å²) in [6, 6.07) is 9.14. The SMILES string of the molecule is CN(c1ccc(-c2ccc(-c3cnn(C(F)F)c3)cc2O)nn1)[C@@H]1C[C@]2(C)CC[C@](C)(C1)N2. The molecule has 3 atom stereocenters. The maximum absolute atomic E-state index is 12.8. The van der Waals surface area contributed by atoms with Gasteiger partial charge in [-0.1, -0.05) is 6.07 Å². The van der Waals surface area contributed by atoms with E-state index >= 15 is 0 Å². The number of phenols is 1. The lowest BCUT2D eigenvalue weighted by Gasteiger charge is -2.45. The molecule has 3 aromatic rings. The summed E-state index contributed by atoms with van der Waals surface area (Å²) in [6.45, 7) is 1.90. The zero-order valence-electron chi connectivity index (χ0n) is 19.0. The lowest BCUT2D eigenvalue weighted by atomic mass is 9.84. The normalized spacial score (nSPS) is 26.7. The predicted molar refractivity (Wildman–Crippen MR) is 122 cm³/mol. The number of alkyl halides is 2. The Bertz CT molecular complexity index is 1150. The molecule has 4 heterocycles. The first-order chi connectivity index (χ1) is 15.6. The molecule has 0 unspecified atom stereocenters. The van der Waals surface area contributed by atoms with Gasteiger partial charge in [0.15, 0.2) is 5.82 Å². The second-order valence-electron chi connectivity index (χ2n) is 9.91. The summed E-state index contributed by atoms with van der Waals surface area (Å²) >= 11 is 0. The number of aromatic hydroxyl groups is 1. The number of piperidine rings is 1. The summed E-state index contributed by atoms with van der Waals surface area (Å²) < 4.78 is 26.1. The van der Waals surface area contributed by atoms with Crippen LogP contribution in [0.2, 0.25) is 0 Å². The molecule has 7 nitrogen and oxygen atoms in total. The fourth-order valence-corrected chi connectivity index (χ4v) is 5.46. The van der Waals surface area contributed by atoms with E-state index in [0.29, 0.717) is 33.1 Å². The van der Waals surface area contributed by atoms with E-state index in [1.807, 2.05) is 12.1 Å².